The summed E-state index contributed by atoms with van der Waals surface area (Å²) in [5.74, 6) is 1.06. The number of hydrogen-bond acceptors (Lipinski definition) is 3. The molecular weight excluding hydrogens is 354 g/mol. The van der Waals surface area contributed by atoms with Crippen LogP contribution < -0.4 is 10.1 Å². The molecule has 1 aliphatic rings. The number of nitrogens with zero attached hydrogens (tertiary/aromatic N) is 2. The van der Waals surface area contributed by atoms with Crippen molar-refractivity contribution in [2.24, 2.45) is 0 Å². The molecule has 1 aromatic carbocycles. The average Bonchev–Trinajstić information content (AvgIpc) is 2.69. The van der Waals surface area contributed by atoms with Crippen molar-refractivity contribution in [2.75, 3.05) is 26.2 Å². The first-order valence-electron chi connectivity index (χ1n) is 10.5. The zero-order valence-electron chi connectivity index (χ0n) is 17.9. The van der Waals surface area contributed by atoms with Crippen molar-refractivity contribution in [1.29, 1.82) is 0 Å². The standard InChI is InChI=1S/C22H35N3O3/c1-6-24(7-2)22(27)25-14-12-19(13-15-25)23-21(26)17(5)28-20-10-8-18(9-11-20)16(3)4/h8-11,16-17,19H,6-7,12-15H2,1-5H3,(H,23,26). The molecule has 0 radical (unpaired) electrons. The minimum absolute atomic E-state index is 0.0858. The molecule has 156 valence electrons. The van der Waals surface area contributed by atoms with E-state index in [4.69, 9.17) is 4.74 Å². The Morgan fingerprint density at radius 2 is 1.68 bits per heavy atom. The molecule has 1 fully saturated rings. The van der Waals surface area contributed by atoms with Gasteiger partial charge in [-0.1, -0.05) is 26.0 Å². The summed E-state index contributed by atoms with van der Waals surface area (Å²) in [6, 6.07) is 8.08. The predicted molar refractivity (Wildman–Crippen MR) is 112 cm³/mol. The first kappa shape index (κ1) is 22.1. The maximum Gasteiger partial charge on any atom is 0.319 e. The molecule has 0 spiro atoms. The first-order chi connectivity index (χ1) is 13.3. The Labute approximate surface area is 169 Å². The van der Waals surface area contributed by atoms with Gasteiger partial charge in [0.25, 0.3) is 5.91 Å². The molecule has 1 aliphatic heterocycles. The molecule has 3 amide bonds. The Kier molecular flexibility index (Phi) is 8.15. The van der Waals surface area contributed by atoms with E-state index in [1.165, 1.54) is 5.56 Å². The van der Waals surface area contributed by atoms with E-state index < -0.39 is 6.10 Å². The molecule has 1 saturated heterocycles. The normalized spacial score (nSPS) is 16.0. The number of carbonyl (C=O) groups excluding carboxylic acids is 2. The van der Waals surface area contributed by atoms with Crippen LogP contribution in [0.2, 0.25) is 0 Å². The van der Waals surface area contributed by atoms with Crippen molar-refractivity contribution in [2.45, 2.75) is 65.5 Å². The molecular formula is C22H35N3O3. The van der Waals surface area contributed by atoms with Gasteiger partial charge in [-0.25, -0.2) is 4.79 Å². The quantitative estimate of drug-likeness (QED) is 0.775. The van der Waals surface area contributed by atoms with Gasteiger partial charge in [-0.05, 0) is 57.2 Å². The van der Waals surface area contributed by atoms with Crippen LogP contribution in [-0.4, -0.2) is 60.1 Å². The lowest BCUT2D eigenvalue weighted by molar-refractivity contribution is -0.128. The number of piperidine rings is 1. The van der Waals surface area contributed by atoms with Gasteiger partial charge in [-0.15, -0.1) is 0 Å². The van der Waals surface area contributed by atoms with Crippen molar-refractivity contribution >= 4 is 11.9 Å². The topological polar surface area (TPSA) is 61.9 Å². The van der Waals surface area contributed by atoms with Gasteiger partial charge in [-0.2, -0.15) is 0 Å². The van der Waals surface area contributed by atoms with Gasteiger partial charge >= 0.3 is 6.03 Å². The maximum atomic E-state index is 12.5. The number of urea groups is 1. The highest BCUT2D eigenvalue weighted by molar-refractivity contribution is 5.81. The maximum absolute atomic E-state index is 12.5. The van der Waals surface area contributed by atoms with Crippen LogP contribution in [0.5, 0.6) is 5.75 Å². The van der Waals surface area contributed by atoms with E-state index in [0.29, 0.717) is 24.8 Å². The minimum atomic E-state index is -0.555. The van der Waals surface area contributed by atoms with Crippen LogP contribution in [0.3, 0.4) is 0 Å². The second-order valence-corrected chi connectivity index (χ2v) is 7.71. The fourth-order valence-corrected chi connectivity index (χ4v) is 3.42. The number of rotatable bonds is 7. The summed E-state index contributed by atoms with van der Waals surface area (Å²) in [6.45, 7) is 12.8. The van der Waals surface area contributed by atoms with Gasteiger partial charge < -0.3 is 19.9 Å². The van der Waals surface area contributed by atoms with Gasteiger partial charge in [-0.3, -0.25) is 4.79 Å². The summed E-state index contributed by atoms with van der Waals surface area (Å²) in [6.07, 6.45) is 0.989. The van der Waals surface area contributed by atoms with Crippen LogP contribution >= 0.6 is 0 Å². The molecule has 1 heterocycles. The monoisotopic (exact) mass is 389 g/mol. The van der Waals surface area contributed by atoms with Crippen LogP contribution in [0.4, 0.5) is 4.79 Å². The third-order valence-electron chi connectivity index (χ3n) is 5.37. The fraction of sp³-hybridized carbons (Fsp3) is 0.636. The number of likely N-dealkylation sites (tertiary alicyclic amines) is 1. The Morgan fingerprint density at radius 3 is 2.18 bits per heavy atom. The Hall–Kier alpha value is -2.24. The minimum Gasteiger partial charge on any atom is -0.481 e. The summed E-state index contributed by atoms with van der Waals surface area (Å²) < 4.78 is 5.79. The van der Waals surface area contributed by atoms with Crippen molar-refractivity contribution in [1.82, 2.24) is 15.1 Å². The molecule has 0 aliphatic carbocycles. The Balaban J connectivity index is 1.79. The number of ether oxygens (including phenoxy) is 1. The number of amides is 3. The van der Waals surface area contributed by atoms with Gasteiger partial charge in [0.15, 0.2) is 6.10 Å². The van der Waals surface area contributed by atoms with Crippen LogP contribution in [0, 0.1) is 0 Å². The molecule has 0 aromatic heterocycles. The number of carbonyl (C=O) groups is 2. The van der Waals surface area contributed by atoms with E-state index in [0.717, 1.165) is 25.9 Å². The Morgan fingerprint density at radius 1 is 1.11 bits per heavy atom. The summed E-state index contributed by atoms with van der Waals surface area (Å²) in [4.78, 5) is 28.6. The van der Waals surface area contributed by atoms with Crippen LogP contribution in [0.15, 0.2) is 24.3 Å². The lowest BCUT2D eigenvalue weighted by Gasteiger charge is -2.35. The van der Waals surface area contributed by atoms with Crippen molar-refractivity contribution < 1.29 is 14.3 Å². The summed E-state index contributed by atoms with van der Waals surface area (Å²) in [5.41, 5.74) is 1.25. The van der Waals surface area contributed by atoms with Crippen LogP contribution in [-0.2, 0) is 4.79 Å². The third kappa shape index (κ3) is 5.88. The van der Waals surface area contributed by atoms with Crippen molar-refractivity contribution in [3.63, 3.8) is 0 Å². The lowest BCUT2D eigenvalue weighted by Crippen LogP contribution is -2.52. The highest BCUT2D eigenvalue weighted by Crippen LogP contribution is 2.20. The van der Waals surface area contributed by atoms with Crippen molar-refractivity contribution in [3.8, 4) is 5.75 Å². The van der Waals surface area contributed by atoms with Gasteiger partial charge in [0.1, 0.15) is 5.75 Å². The largest absolute Gasteiger partial charge is 0.481 e. The molecule has 6 heteroatoms. The van der Waals surface area contributed by atoms with Crippen molar-refractivity contribution in [3.05, 3.63) is 29.8 Å². The highest BCUT2D eigenvalue weighted by atomic mass is 16.5. The van der Waals surface area contributed by atoms with E-state index in [1.807, 2.05) is 47.9 Å². The van der Waals surface area contributed by atoms with E-state index in [-0.39, 0.29) is 18.0 Å². The fourth-order valence-electron chi connectivity index (χ4n) is 3.42. The Bertz CT molecular complexity index is 633. The first-order valence-corrected chi connectivity index (χ1v) is 10.5. The lowest BCUT2D eigenvalue weighted by atomic mass is 10.0. The third-order valence-corrected chi connectivity index (χ3v) is 5.37. The molecule has 28 heavy (non-hydrogen) atoms. The zero-order chi connectivity index (χ0) is 20.7. The highest BCUT2D eigenvalue weighted by Gasteiger charge is 2.27. The molecule has 2 rings (SSSR count). The van der Waals surface area contributed by atoms with Gasteiger partial charge in [0.05, 0.1) is 0 Å². The van der Waals surface area contributed by atoms with E-state index >= 15 is 0 Å². The van der Waals surface area contributed by atoms with E-state index in [1.54, 1.807) is 6.92 Å². The molecule has 1 aromatic rings. The molecule has 6 nitrogen and oxygen atoms in total. The second kappa shape index (κ2) is 10.3. The number of nitrogens with one attached hydrogen (secondary N) is 1. The zero-order valence-corrected chi connectivity index (χ0v) is 17.9. The number of hydrogen-bond donors (Lipinski definition) is 1. The number of benzene rings is 1. The van der Waals surface area contributed by atoms with E-state index in [9.17, 15) is 9.59 Å². The molecule has 0 bridgehead atoms. The summed E-state index contributed by atoms with van der Waals surface area (Å²) in [7, 11) is 0. The summed E-state index contributed by atoms with van der Waals surface area (Å²) in [5, 5.41) is 3.07. The van der Waals surface area contributed by atoms with Crippen LogP contribution in [0.1, 0.15) is 58.9 Å². The summed E-state index contributed by atoms with van der Waals surface area (Å²) >= 11 is 0. The van der Waals surface area contributed by atoms with Gasteiger partial charge in [0, 0.05) is 32.2 Å². The molecule has 1 N–H and O–H groups in total. The molecule has 0 saturated carbocycles. The molecule has 1 unspecified atom stereocenters. The molecule has 1 atom stereocenters. The van der Waals surface area contributed by atoms with E-state index in [2.05, 4.69) is 19.2 Å². The van der Waals surface area contributed by atoms with Gasteiger partial charge in [0.2, 0.25) is 0 Å². The smallest absolute Gasteiger partial charge is 0.319 e. The second-order valence-electron chi connectivity index (χ2n) is 7.71. The van der Waals surface area contributed by atoms with Crippen LogP contribution in [0.25, 0.3) is 0 Å². The average molecular weight is 390 g/mol. The SMILES string of the molecule is CCN(CC)C(=O)N1CCC(NC(=O)C(C)Oc2ccc(C(C)C)cc2)CC1. The predicted octanol–water partition coefficient (Wildman–Crippen LogP) is 3.62.